The molecule has 10 heteroatoms. The number of esters is 1. The number of allylic oxidation sites excluding steroid dienone is 1. The first kappa shape index (κ1) is 41.5. The Kier molecular flexibility index (Phi) is 10.8. The van der Waals surface area contributed by atoms with Crippen molar-refractivity contribution in [1.82, 2.24) is 9.88 Å². The summed E-state index contributed by atoms with van der Waals surface area (Å²) in [6.07, 6.45) is 7.85. The molecular weight excluding hydrogens is 695 g/mol. The maximum Gasteiger partial charge on any atom is 0.309 e. The van der Waals surface area contributed by atoms with Crippen LogP contribution in [0.1, 0.15) is 132 Å². The molecule has 1 aromatic heterocycles. The number of aliphatic hydroxyl groups is 1. The molecule has 0 aromatic carbocycles. The van der Waals surface area contributed by atoms with Gasteiger partial charge in [-0.05, 0) is 123 Å². The van der Waals surface area contributed by atoms with Crippen LogP contribution in [0.2, 0.25) is 0 Å². The average molecular weight is 762 g/mol. The molecule has 9 atom stereocenters. The Morgan fingerprint density at radius 2 is 1.69 bits per heavy atom. The number of ketones is 1. The Morgan fingerprint density at radius 3 is 2.31 bits per heavy atom. The van der Waals surface area contributed by atoms with Crippen LogP contribution in [0, 0.1) is 56.2 Å². The Bertz CT molecular complexity index is 1720. The minimum absolute atomic E-state index is 0.0110. The minimum Gasteiger partial charge on any atom is -0.481 e. The van der Waals surface area contributed by atoms with Gasteiger partial charge >= 0.3 is 11.9 Å². The number of nitrogens with zero attached hydrogens (tertiary/aromatic N) is 2. The second-order valence-electron chi connectivity index (χ2n) is 20.4. The summed E-state index contributed by atoms with van der Waals surface area (Å²) in [4.78, 5) is 58.3. The number of fused-ring (bicyclic) bond motifs is 7. The van der Waals surface area contributed by atoms with E-state index >= 15 is 0 Å². The summed E-state index contributed by atoms with van der Waals surface area (Å²) >= 11 is 0. The van der Waals surface area contributed by atoms with Gasteiger partial charge in [-0.2, -0.15) is 0 Å². The lowest BCUT2D eigenvalue weighted by molar-refractivity contribution is -0.235. The molecule has 4 N–H and O–H groups in total. The molecule has 0 unspecified atom stereocenters. The normalized spacial score (nSPS) is 36.0. The van der Waals surface area contributed by atoms with E-state index in [-0.39, 0.29) is 83.8 Å². The van der Waals surface area contributed by atoms with Gasteiger partial charge in [0.15, 0.2) is 5.78 Å². The van der Waals surface area contributed by atoms with Crippen molar-refractivity contribution in [3.8, 4) is 0 Å². The first-order valence-corrected chi connectivity index (χ1v) is 20.9. The molecule has 1 aromatic rings. The Hall–Kier alpha value is -3.11. The third-order valence-corrected chi connectivity index (χ3v) is 16.5. The van der Waals surface area contributed by atoms with E-state index in [1.54, 1.807) is 24.9 Å². The molecule has 0 saturated heterocycles. The molecule has 5 aliphatic carbocycles. The van der Waals surface area contributed by atoms with E-state index in [1.807, 2.05) is 18.2 Å². The van der Waals surface area contributed by atoms with Crippen LogP contribution in [0.3, 0.4) is 0 Å². The fraction of sp³-hybridized carbons (Fsp3) is 0.756. The third kappa shape index (κ3) is 6.59. The monoisotopic (exact) mass is 761 g/mol. The number of aromatic nitrogens is 1. The van der Waals surface area contributed by atoms with Gasteiger partial charge in [0.25, 0.3) is 0 Å². The number of nitrogens with two attached hydrogens (primary N) is 1. The molecule has 1 heterocycles. The van der Waals surface area contributed by atoms with E-state index < -0.39 is 28.9 Å². The number of pyridine rings is 1. The number of carboxylic acids is 1. The number of rotatable bonds is 11. The number of carbonyl (C=O) groups excluding carboxylic acids is 3. The van der Waals surface area contributed by atoms with Crippen LogP contribution in [0.25, 0.3) is 0 Å². The van der Waals surface area contributed by atoms with E-state index in [2.05, 4.69) is 53.5 Å². The van der Waals surface area contributed by atoms with Crippen LogP contribution in [0.5, 0.6) is 0 Å². The molecule has 10 nitrogen and oxygen atoms in total. The number of carbonyl (C=O) groups is 4. The molecule has 5 aliphatic rings. The molecular formula is C45H67N3O7. The summed E-state index contributed by atoms with van der Waals surface area (Å²) < 4.78 is 6.16. The van der Waals surface area contributed by atoms with Crippen molar-refractivity contribution in [3.05, 3.63) is 41.2 Å². The molecule has 4 fully saturated rings. The number of hydrogen-bond acceptors (Lipinski definition) is 8. The smallest absolute Gasteiger partial charge is 0.309 e. The van der Waals surface area contributed by atoms with Crippen molar-refractivity contribution in [1.29, 1.82) is 0 Å². The Balaban J connectivity index is 1.30. The van der Waals surface area contributed by atoms with E-state index in [4.69, 9.17) is 10.5 Å². The highest BCUT2D eigenvalue weighted by Gasteiger charge is 2.71. The SMILES string of the molecule is CC(C)C1=C2[C@H]3CC[C@@H]4[C@@]5(C)CC[C@H](OC(=O)CC(C)(C)C(=O)O)C(C)(C)[C@@H]5CC[C@@]4(C)[C@]3(C)CC[C@@]2([C@@H](O)CN(Cc2ccccn2)C(=O)CN)CC1=O. The van der Waals surface area contributed by atoms with Crippen LogP contribution in [0.4, 0.5) is 0 Å². The van der Waals surface area contributed by atoms with Gasteiger partial charge in [-0.15, -0.1) is 0 Å². The second kappa shape index (κ2) is 14.4. The summed E-state index contributed by atoms with van der Waals surface area (Å²) in [5.74, 6) is -0.655. The lowest BCUT2D eigenvalue weighted by Crippen LogP contribution is -2.66. The highest BCUT2D eigenvalue weighted by molar-refractivity contribution is 6.00. The van der Waals surface area contributed by atoms with Gasteiger partial charge in [-0.3, -0.25) is 24.2 Å². The number of ether oxygens (including phenoxy) is 1. The number of amides is 1. The van der Waals surface area contributed by atoms with Crippen LogP contribution in [-0.4, -0.2) is 69.0 Å². The fourth-order valence-corrected chi connectivity index (χ4v) is 13.4. The van der Waals surface area contributed by atoms with Gasteiger partial charge in [0, 0.05) is 30.0 Å². The van der Waals surface area contributed by atoms with Crippen LogP contribution in [-0.2, 0) is 30.5 Å². The highest BCUT2D eigenvalue weighted by atomic mass is 16.5. The number of aliphatic hydroxyl groups excluding tert-OH is 1. The maximum absolute atomic E-state index is 14.2. The average Bonchev–Trinajstić information content (AvgIpc) is 3.42. The lowest BCUT2D eigenvalue weighted by atomic mass is 9.33. The zero-order chi connectivity index (χ0) is 40.5. The van der Waals surface area contributed by atoms with Gasteiger partial charge in [0.2, 0.25) is 5.91 Å². The molecule has 304 valence electrons. The first-order chi connectivity index (χ1) is 25.6. The summed E-state index contributed by atoms with van der Waals surface area (Å²) in [7, 11) is 0. The van der Waals surface area contributed by atoms with Crippen molar-refractivity contribution in [2.45, 2.75) is 145 Å². The molecule has 55 heavy (non-hydrogen) atoms. The Labute approximate surface area is 328 Å². The number of aliphatic carboxylic acids is 1. The number of Topliss-reactive ketones (excluding diaryl/α,β-unsaturated/α-hetero) is 1. The van der Waals surface area contributed by atoms with E-state index in [9.17, 15) is 29.4 Å². The zero-order valence-electron chi connectivity index (χ0n) is 34.9. The van der Waals surface area contributed by atoms with E-state index in [1.165, 1.54) is 5.57 Å². The van der Waals surface area contributed by atoms with Crippen molar-refractivity contribution in [2.24, 2.45) is 61.9 Å². The molecule has 0 radical (unpaired) electrons. The fourth-order valence-electron chi connectivity index (χ4n) is 13.4. The molecule has 0 aliphatic heterocycles. The van der Waals surface area contributed by atoms with Crippen LogP contribution >= 0.6 is 0 Å². The summed E-state index contributed by atoms with van der Waals surface area (Å²) in [5, 5.41) is 22.1. The van der Waals surface area contributed by atoms with Crippen LogP contribution < -0.4 is 5.73 Å². The van der Waals surface area contributed by atoms with Crippen molar-refractivity contribution in [2.75, 3.05) is 13.1 Å². The standard InChI is InChI=1S/C45H67N3O7/c1-27(2)37-30(49)22-45(33(50)26-48(35(51)24-46)25-28-12-10-11-21-47-28)20-19-43(8)29(38(37)45)13-14-32-42(7)17-16-34(55-36(52)23-40(3,4)39(53)54)41(5,6)31(42)15-18-44(32,43)9/h10-12,21,27,29,31-34,50H,13-20,22-26,46H2,1-9H3,(H,53,54)/t29-,31+,32-,33+,34+,42+,43-,44-,45+/m1/s1. The van der Waals surface area contributed by atoms with Gasteiger partial charge in [-0.1, -0.05) is 60.1 Å². The van der Waals surface area contributed by atoms with Crippen molar-refractivity contribution >= 4 is 23.6 Å². The Morgan fingerprint density at radius 1 is 0.982 bits per heavy atom. The largest absolute Gasteiger partial charge is 0.481 e. The van der Waals surface area contributed by atoms with E-state index in [0.29, 0.717) is 18.3 Å². The van der Waals surface area contributed by atoms with Crippen molar-refractivity contribution in [3.63, 3.8) is 0 Å². The van der Waals surface area contributed by atoms with Gasteiger partial charge in [-0.25, -0.2) is 0 Å². The molecule has 6 rings (SSSR count). The topological polar surface area (TPSA) is 160 Å². The molecule has 1 amide bonds. The van der Waals surface area contributed by atoms with E-state index in [0.717, 1.165) is 56.2 Å². The third-order valence-electron chi connectivity index (χ3n) is 16.5. The van der Waals surface area contributed by atoms with Crippen LogP contribution in [0.15, 0.2) is 35.5 Å². The maximum atomic E-state index is 14.2. The second-order valence-corrected chi connectivity index (χ2v) is 20.4. The van der Waals surface area contributed by atoms with Gasteiger partial charge in [0.1, 0.15) is 6.10 Å². The lowest BCUT2D eigenvalue weighted by Gasteiger charge is -2.72. The minimum atomic E-state index is -1.19. The number of hydrogen-bond donors (Lipinski definition) is 3. The van der Waals surface area contributed by atoms with Gasteiger partial charge in [0.05, 0.1) is 36.7 Å². The summed E-state index contributed by atoms with van der Waals surface area (Å²) in [6, 6.07) is 5.58. The first-order valence-electron chi connectivity index (χ1n) is 20.9. The zero-order valence-corrected chi connectivity index (χ0v) is 34.9. The molecule has 4 saturated carbocycles. The number of carboxylic acid groups (broad SMARTS) is 1. The predicted octanol–water partition coefficient (Wildman–Crippen LogP) is 7.12. The highest BCUT2D eigenvalue weighted by Crippen LogP contribution is 2.77. The molecule has 0 spiro atoms. The molecule has 0 bridgehead atoms. The van der Waals surface area contributed by atoms with Gasteiger partial charge < -0.3 is 25.6 Å². The summed E-state index contributed by atoms with van der Waals surface area (Å²) in [5.41, 5.74) is 6.35. The van der Waals surface area contributed by atoms with Crippen molar-refractivity contribution < 1.29 is 34.1 Å². The quantitative estimate of drug-likeness (QED) is 0.200. The predicted molar refractivity (Wildman–Crippen MR) is 210 cm³/mol. The summed E-state index contributed by atoms with van der Waals surface area (Å²) in [6.45, 7) is 19.5.